The molecule has 0 spiro atoms. The molecule has 1 unspecified atom stereocenters. The van der Waals surface area contributed by atoms with Gasteiger partial charge in [-0.15, -0.1) is 0 Å². The first-order valence-corrected chi connectivity index (χ1v) is 5.92. The summed E-state index contributed by atoms with van der Waals surface area (Å²) in [5.41, 5.74) is 0.783. The van der Waals surface area contributed by atoms with Crippen molar-refractivity contribution in [3.63, 3.8) is 0 Å². The molecule has 5 heteroatoms. The largest absolute Gasteiger partial charge is 0.478 e. The maximum atomic E-state index is 10.8. The highest BCUT2D eigenvalue weighted by Gasteiger charge is 2.24. The van der Waals surface area contributed by atoms with Gasteiger partial charge in [-0.2, -0.15) is 0 Å². The van der Waals surface area contributed by atoms with Gasteiger partial charge in [-0.25, -0.2) is 14.8 Å². The van der Waals surface area contributed by atoms with Crippen molar-refractivity contribution in [2.24, 2.45) is 0 Å². The molecular formula is C13H13N3O2. The quantitative estimate of drug-likeness (QED) is 0.872. The lowest BCUT2D eigenvalue weighted by Crippen LogP contribution is -2.46. The number of aromatic carboxylic acids is 1. The average Bonchev–Trinajstić information content (AvgIpc) is 2.36. The highest BCUT2D eigenvalue weighted by atomic mass is 16.4. The number of nitrogens with zero attached hydrogens (tertiary/aromatic N) is 3. The van der Waals surface area contributed by atoms with Crippen LogP contribution in [-0.2, 0) is 0 Å². The van der Waals surface area contributed by atoms with Gasteiger partial charge in [-0.1, -0.05) is 0 Å². The van der Waals surface area contributed by atoms with E-state index in [1.165, 1.54) is 12.6 Å². The maximum absolute atomic E-state index is 10.8. The van der Waals surface area contributed by atoms with Gasteiger partial charge in [0.1, 0.15) is 5.82 Å². The number of fused-ring (bicyclic) bond motifs is 1. The molecule has 1 aliphatic rings. The fourth-order valence-electron chi connectivity index (χ4n) is 2.13. The number of aromatic nitrogens is 2. The fraction of sp³-hybridized carbons (Fsp3) is 0.308. The van der Waals surface area contributed by atoms with Crippen LogP contribution < -0.4 is 4.90 Å². The third kappa shape index (κ3) is 1.68. The van der Waals surface area contributed by atoms with Crippen molar-refractivity contribution in [3.05, 3.63) is 30.0 Å². The minimum absolute atomic E-state index is 0.189. The van der Waals surface area contributed by atoms with E-state index in [0.717, 1.165) is 17.7 Å². The van der Waals surface area contributed by atoms with Crippen LogP contribution in [0.25, 0.3) is 11.0 Å². The first-order valence-electron chi connectivity index (χ1n) is 5.92. The second kappa shape index (κ2) is 3.94. The number of carbonyl (C=O) groups is 1. The van der Waals surface area contributed by atoms with Crippen LogP contribution in [0.3, 0.4) is 0 Å². The number of pyridine rings is 2. The molecule has 18 heavy (non-hydrogen) atoms. The Bertz CT molecular complexity index is 627. The zero-order valence-corrected chi connectivity index (χ0v) is 10.00. The van der Waals surface area contributed by atoms with Crippen molar-refractivity contribution in [2.45, 2.75) is 19.4 Å². The van der Waals surface area contributed by atoms with E-state index in [1.807, 2.05) is 12.1 Å². The Kier molecular flexibility index (Phi) is 2.40. The van der Waals surface area contributed by atoms with Gasteiger partial charge in [0.2, 0.25) is 0 Å². The summed E-state index contributed by atoms with van der Waals surface area (Å²) in [7, 11) is 0. The lowest BCUT2D eigenvalue weighted by atomic mass is 10.1. The number of hydrogen-bond donors (Lipinski definition) is 1. The Morgan fingerprint density at radius 1 is 1.50 bits per heavy atom. The number of carboxylic acid groups (broad SMARTS) is 1. The van der Waals surface area contributed by atoms with Crippen LogP contribution in [-0.4, -0.2) is 33.6 Å². The molecule has 0 radical (unpaired) electrons. The molecule has 5 nitrogen and oxygen atoms in total. The molecule has 0 amide bonds. The first-order chi connectivity index (χ1) is 8.65. The Balaban J connectivity index is 2.03. The first kappa shape index (κ1) is 11.0. The van der Waals surface area contributed by atoms with Crippen molar-refractivity contribution in [2.75, 3.05) is 11.4 Å². The lowest BCUT2D eigenvalue weighted by molar-refractivity contribution is 0.0696. The second-order valence-electron chi connectivity index (χ2n) is 4.58. The van der Waals surface area contributed by atoms with Gasteiger partial charge in [-0.05, 0) is 31.5 Å². The maximum Gasteiger partial charge on any atom is 0.337 e. The van der Waals surface area contributed by atoms with Crippen LogP contribution in [0, 0.1) is 0 Å². The molecule has 0 saturated carbocycles. The molecule has 0 aromatic carbocycles. The van der Waals surface area contributed by atoms with E-state index in [0.29, 0.717) is 11.7 Å². The third-order valence-electron chi connectivity index (χ3n) is 3.39. The molecule has 0 bridgehead atoms. The predicted molar refractivity (Wildman–Crippen MR) is 67.9 cm³/mol. The van der Waals surface area contributed by atoms with Crippen LogP contribution in [0.2, 0.25) is 0 Å². The molecule has 1 fully saturated rings. The summed E-state index contributed by atoms with van der Waals surface area (Å²) in [6, 6.07) is 5.92. The number of hydrogen-bond acceptors (Lipinski definition) is 4. The molecule has 92 valence electrons. The second-order valence-corrected chi connectivity index (χ2v) is 4.58. The Labute approximate surface area is 104 Å². The molecule has 2 aromatic rings. The molecule has 3 heterocycles. The predicted octanol–water partition coefficient (Wildman–Crippen LogP) is 1.93. The summed E-state index contributed by atoms with van der Waals surface area (Å²) < 4.78 is 0. The monoisotopic (exact) mass is 243 g/mol. The van der Waals surface area contributed by atoms with Crippen molar-refractivity contribution in [3.8, 4) is 0 Å². The third-order valence-corrected chi connectivity index (χ3v) is 3.39. The van der Waals surface area contributed by atoms with Crippen molar-refractivity contribution < 1.29 is 9.90 Å². The number of anilines is 1. The summed E-state index contributed by atoms with van der Waals surface area (Å²) in [6.45, 7) is 3.18. The summed E-state index contributed by atoms with van der Waals surface area (Å²) >= 11 is 0. The summed E-state index contributed by atoms with van der Waals surface area (Å²) in [5.74, 6) is -0.0540. The van der Waals surface area contributed by atoms with Crippen molar-refractivity contribution >= 4 is 22.8 Å². The van der Waals surface area contributed by atoms with Gasteiger partial charge in [0.25, 0.3) is 0 Å². The van der Waals surface area contributed by atoms with Gasteiger partial charge in [-0.3, -0.25) is 0 Å². The molecule has 1 N–H and O–H groups in total. The molecular weight excluding hydrogens is 230 g/mol. The van der Waals surface area contributed by atoms with Crippen molar-refractivity contribution in [1.82, 2.24) is 9.97 Å². The topological polar surface area (TPSA) is 66.3 Å². The van der Waals surface area contributed by atoms with Gasteiger partial charge in [0.15, 0.2) is 5.65 Å². The van der Waals surface area contributed by atoms with E-state index >= 15 is 0 Å². The zero-order valence-electron chi connectivity index (χ0n) is 10.00. The van der Waals surface area contributed by atoms with Crippen LogP contribution in [0.15, 0.2) is 24.4 Å². The summed E-state index contributed by atoms with van der Waals surface area (Å²) in [4.78, 5) is 21.6. The van der Waals surface area contributed by atoms with Crippen LogP contribution in [0.5, 0.6) is 0 Å². The van der Waals surface area contributed by atoms with Gasteiger partial charge in [0.05, 0.1) is 5.56 Å². The van der Waals surface area contributed by atoms with Crippen LogP contribution in [0.1, 0.15) is 23.7 Å². The molecule has 1 atom stereocenters. The summed E-state index contributed by atoms with van der Waals surface area (Å²) in [6.07, 6.45) is 2.53. The smallest absolute Gasteiger partial charge is 0.337 e. The summed E-state index contributed by atoms with van der Waals surface area (Å²) in [5, 5.41) is 9.66. The zero-order chi connectivity index (χ0) is 12.7. The molecule has 1 aliphatic heterocycles. The van der Waals surface area contributed by atoms with E-state index in [1.54, 1.807) is 6.07 Å². The van der Waals surface area contributed by atoms with Gasteiger partial charge < -0.3 is 10.0 Å². The molecule has 2 aromatic heterocycles. The van der Waals surface area contributed by atoms with Crippen molar-refractivity contribution in [1.29, 1.82) is 0 Å². The average molecular weight is 243 g/mol. The van der Waals surface area contributed by atoms with Gasteiger partial charge in [0, 0.05) is 24.2 Å². The Hall–Kier alpha value is -2.17. The lowest BCUT2D eigenvalue weighted by Gasteiger charge is -2.39. The van der Waals surface area contributed by atoms with E-state index < -0.39 is 5.97 Å². The molecule has 3 rings (SSSR count). The van der Waals surface area contributed by atoms with Gasteiger partial charge >= 0.3 is 5.97 Å². The molecule has 0 aliphatic carbocycles. The Morgan fingerprint density at radius 3 is 2.94 bits per heavy atom. The SMILES string of the molecule is CC1CCN1c1ccc2cc(C(=O)O)cnc2n1. The highest BCUT2D eigenvalue weighted by molar-refractivity contribution is 5.91. The highest BCUT2D eigenvalue weighted by Crippen LogP contribution is 2.25. The minimum Gasteiger partial charge on any atom is -0.478 e. The number of rotatable bonds is 2. The van der Waals surface area contributed by atoms with Crippen LogP contribution >= 0.6 is 0 Å². The molecule has 1 saturated heterocycles. The van der Waals surface area contributed by atoms with E-state index in [9.17, 15) is 4.79 Å². The number of carboxylic acids is 1. The fourth-order valence-corrected chi connectivity index (χ4v) is 2.13. The Morgan fingerprint density at radius 2 is 2.33 bits per heavy atom. The van der Waals surface area contributed by atoms with Crippen LogP contribution in [0.4, 0.5) is 5.82 Å². The van der Waals surface area contributed by atoms with E-state index in [2.05, 4.69) is 21.8 Å². The van der Waals surface area contributed by atoms with E-state index in [4.69, 9.17) is 5.11 Å². The standard InChI is InChI=1S/C13H13N3O2/c1-8-4-5-16(8)11-3-2-9-6-10(13(17)18)7-14-12(9)15-11/h2-3,6-8H,4-5H2,1H3,(H,17,18). The van der Waals surface area contributed by atoms with E-state index in [-0.39, 0.29) is 5.56 Å². The minimum atomic E-state index is -0.968. The normalized spacial score (nSPS) is 18.7.